The Morgan fingerprint density at radius 2 is 1.76 bits per heavy atom. The fraction of sp³-hybridized carbons (Fsp3) is 0.833. The molecule has 0 fully saturated rings. The van der Waals surface area contributed by atoms with Crippen molar-refractivity contribution in [3.8, 4) is 0 Å². The second-order valence-corrected chi connectivity index (χ2v) is 4.19. The first-order valence-electron chi connectivity index (χ1n) is 6.06. The molecule has 0 aromatic carbocycles. The summed E-state index contributed by atoms with van der Waals surface area (Å²) in [6.07, 6.45) is 0. The fourth-order valence-corrected chi connectivity index (χ4v) is 1.60. The lowest BCUT2D eigenvalue weighted by Crippen LogP contribution is -2.47. The molecule has 0 bridgehead atoms. The van der Waals surface area contributed by atoms with Gasteiger partial charge in [0, 0.05) is 13.1 Å². The highest BCUT2D eigenvalue weighted by molar-refractivity contribution is 5.80. The van der Waals surface area contributed by atoms with E-state index < -0.39 is 6.04 Å². The van der Waals surface area contributed by atoms with Gasteiger partial charge >= 0.3 is 5.97 Å². The van der Waals surface area contributed by atoms with E-state index in [2.05, 4.69) is 5.32 Å². The number of hydrogen-bond acceptors (Lipinski definition) is 4. The molecule has 0 aromatic heterocycles. The molecule has 5 heteroatoms. The van der Waals surface area contributed by atoms with Crippen molar-refractivity contribution in [2.75, 3.05) is 26.7 Å². The highest BCUT2D eigenvalue weighted by atomic mass is 16.5. The highest BCUT2D eigenvalue weighted by Crippen LogP contribution is 2.03. The van der Waals surface area contributed by atoms with E-state index in [0.29, 0.717) is 13.1 Å². The van der Waals surface area contributed by atoms with E-state index in [1.54, 1.807) is 4.90 Å². The monoisotopic (exact) mass is 244 g/mol. The second kappa shape index (κ2) is 8.06. The number of amides is 1. The molecule has 0 rings (SSSR count). The third-order valence-electron chi connectivity index (χ3n) is 2.71. The van der Waals surface area contributed by atoms with Gasteiger partial charge in [0.1, 0.15) is 6.04 Å². The third kappa shape index (κ3) is 5.17. The van der Waals surface area contributed by atoms with Crippen LogP contribution >= 0.6 is 0 Å². The van der Waals surface area contributed by atoms with Crippen LogP contribution in [0.5, 0.6) is 0 Å². The Morgan fingerprint density at radius 1 is 1.24 bits per heavy atom. The largest absolute Gasteiger partial charge is 0.468 e. The molecule has 1 atom stereocenters. The summed E-state index contributed by atoms with van der Waals surface area (Å²) in [6, 6.07) is -0.431. The first-order valence-corrected chi connectivity index (χ1v) is 6.06. The minimum absolute atomic E-state index is 0.00422. The SMILES string of the molecule is CCN(CC)C(=O)CNC(C(=O)OC)C(C)C. The number of ether oxygens (including phenoxy) is 1. The van der Waals surface area contributed by atoms with Gasteiger partial charge in [-0.1, -0.05) is 13.8 Å². The lowest BCUT2D eigenvalue weighted by molar-refractivity contribution is -0.144. The Labute approximate surface area is 103 Å². The van der Waals surface area contributed by atoms with Crippen molar-refractivity contribution >= 4 is 11.9 Å². The van der Waals surface area contributed by atoms with Crippen molar-refractivity contribution in [2.45, 2.75) is 33.7 Å². The summed E-state index contributed by atoms with van der Waals surface area (Å²) in [7, 11) is 1.35. The Balaban J connectivity index is 4.31. The number of rotatable bonds is 7. The fourth-order valence-electron chi connectivity index (χ4n) is 1.60. The molecule has 0 spiro atoms. The summed E-state index contributed by atoms with van der Waals surface area (Å²) in [5, 5.41) is 2.95. The molecular formula is C12H24N2O3. The summed E-state index contributed by atoms with van der Waals surface area (Å²) in [6.45, 7) is 9.22. The number of likely N-dealkylation sites (N-methyl/N-ethyl adjacent to an activating group) is 1. The van der Waals surface area contributed by atoms with Crippen molar-refractivity contribution in [3.63, 3.8) is 0 Å². The maximum absolute atomic E-state index is 11.8. The number of methoxy groups -OCH3 is 1. The summed E-state index contributed by atoms with van der Waals surface area (Å²) < 4.78 is 4.69. The van der Waals surface area contributed by atoms with Gasteiger partial charge in [0.05, 0.1) is 13.7 Å². The van der Waals surface area contributed by atoms with Gasteiger partial charge in [-0.3, -0.25) is 14.9 Å². The predicted molar refractivity (Wildman–Crippen MR) is 66.6 cm³/mol. The van der Waals surface area contributed by atoms with Gasteiger partial charge in [-0.2, -0.15) is 0 Å². The summed E-state index contributed by atoms with van der Waals surface area (Å²) in [4.78, 5) is 24.9. The molecule has 0 aliphatic rings. The lowest BCUT2D eigenvalue weighted by Gasteiger charge is -2.23. The first kappa shape index (κ1) is 15.9. The van der Waals surface area contributed by atoms with Crippen LogP contribution in [-0.2, 0) is 14.3 Å². The van der Waals surface area contributed by atoms with Crippen LogP contribution in [0, 0.1) is 5.92 Å². The molecule has 0 radical (unpaired) electrons. The zero-order valence-electron chi connectivity index (χ0n) is 11.4. The molecule has 0 aliphatic carbocycles. The lowest BCUT2D eigenvalue weighted by atomic mass is 10.0. The quantitative estimate of drug-likeness (QED) is 0.668. The topological polar surface area (TPSA) is 58.6 Å². The van der Waals surface area contributed by atoms with Crippen molar-refractivity contribution < 1.29 is 14.3 Å². The average molecular weight is 244 g/mol. The van der Waals surface area contributed by atoms with Crippen molar-refractivity contribution in [1.82, 2.24) is 10.2 Å². The van der Waals surface area contributed by atoms with Gasteiger partial charge < -0.3 is 9.64 Å². The normalized spacial score (nSPS) is 12.4. The zero-order valence-corrected chi connectivity index (χ0v) is 11.4. The Hall–Kier alpha value is -1.10. The maximum atomic E-state index is 11.8. The van der Waals surface area contributed by atoms with Gasteiger partial charge in [0.2, 0.25) is 5.91 Å². The second-order valence-electron chi connectivity index (χ2n) is 4.19. The molecule has 1 N–H and O–H groups in total. The van der Waals surface area contributed by atoms with E-state index >= 15 is 0 Å². The van der Waals surface area contributed by atoms with Crippen LogP contribution in [0.2, 0.25) is 0 Å². The van der Waals surface area contributed by atoms with E-state index in [0.717, 1.165) is 0 Å². The maximum Gasteiger partial charge on any atom is 0.323 e. The van der Waals surface area contributed by atoms with Crippen molar-refractivity contribution in [1.29, 1.82) is 0 Å². The van der Waals surface area contributed by atoms with Gasteiger partial charge in [-0.15, -0.1) is 0 Å². The molecule has 0 aromatic rings. The number of nitrogens with zero attached hydrogens (tertiary/aromatic N) is 1. The first-order chi connectivity index (χ1) is 7.97. The van der Waals surface area contributed by atoms with E-state index in [1.807, 2.05) is 27.7 Å². The van der Waals surface area contributed by atoms with Crippen LogP contribution in [0.4, 0.5) is 0 Å². The number of carbonyl (C=O) groups is 2. The minimum Gasteiger partial charge on any atom is -0.468 e. The molecule has 0 saturated carbocycles. The van der Waals surface area contributed by atoms with Crippen molar-refractivity contribution in [2.24, 2.45) is 5.92 Å². The summed E-state index contributed by atoms with van der Waals surface area (Å²) >= 11 is 0. The smallest absolute Gasteiger partial charge is 0.323 e. The van der Waals surface area contributed by atoms with E-state index in [4.69, 9.17) is 4.74 Å². The highest BCUT2D eigenvalue weighted by Gasteiger charge is 2.23. The number of hydrogen-bond donors (Lipinski definition) is 1. The Kier molecular flexibility index (Phi) is 7.54. The molecule has 0 aliphatic heterocycles. The van der Waals surface area contributed by atoms with Crippen LogP contribution in [0.25, 0.3) is 0 Å². The van der Waals surface area contributed by atoms with Crippen LogP contribution < -0.4 is 5.32 Å². The Bertz CT molecular complexity index is 250. The summed E-state index contributed by atoms with van der Waals surface area (Å²) in [5.74, 6) is -0.233. The summed E-state index contributed by atoms with van der Waals surface area (Å²) in [5.41, 5.74) is 0. The van der Waals surface area contributed by atoms with Gasteiger partial charge in [-0.05, 0) is 19.8 Å². The van der Waals surface area contributed by atoms with Crippen molar-refractivity contribution in [3.05, 3.63) is 0 Å². The zero-order chi connectivity index (χ0) is 13.4. The van der Waals surface area contributed by atoms with Gasteiger partial charge in [0.15, 0.2) is 0 Å². The van der Waals surface area contributed by atoms with E-state index in [1.165, 1.54) is 7.11 Å². The van der Waals surface area contributed by atoms with Gasteiger partial charge in [0.25, 0.3) is 0 Å². The molecule has 0 heterocycles. The molecule has 100 valence electrons. The van der Waals surface area contributed by atoms with Crippen LogP contribution in [0.3, 0.4) is 0 Å². The minimum atomic E-state index is -0.431. The van der Waals surface area contributed by atoms with Crippen LogP contribution in [0.1, 0.15) is 27.7 Å². The Morgan fingerprint density at radius 3 is 2.12 bits per heavy atom. The van der Waals surface area contributed by atoms with E-state index in [9.17, 15) is 9.59 Å². The van der Waals surface area contributed by atoms with E-state index in [-0.39, 0.29) is 24.3 Å². The molecular weight excluding hydrogens is 220 g/mol. The third-order valence-corrected chi connectivity index (χ3v) is 2.71. The standard InChI is InChI=1S/C12H24N2O3/c1-6-14(7-2)10(15)8-13-11(9(3)4)12(16)17-5/h9,11,13H,6-8H2,1-5H3. The number of carbonyl (C=O) groups excluding carboxylic acids is 2. The average Bonchev–Trinajstić information content (AvgIpc) is 2.30. The predicted octanol–water partition coefficient (Wildman–Crippen LogP) is 0.642. The van der Waals surface area contributed by atoms with Crippen LogP contribution in [0.15, 0.2) is 0 Å². The molecule has 5 nitrogen and oxygen atoms in total. The number of esters is 1. The van der Waals surface area contributed by atoms with Crippen LogP contribution in [-0.4, -0.2) is 49.6 Å². The molecule has 1 unspecified atom stereocenters. The molecule has 1 amide bonds. The molecule has 0 saturated heterocycles. The number of nitrogens with one attached hydrogen (secondary N) is 1. The van der Waals surface area contributed by atoms with Gasteiger partial charge in [-0.25, -0.2) is 0 Å². The molecule has 17 heavy (non-hydrogen) atoms.